The Balaban J connectivity index is 1.64. The van der Waals surface area contributed by atoms with Crippen molar-refractivity contribution in [3.05, 3.63) is 71.0 Å². The Bertz CT molecular complexity index is 908. The summed E-state index contributed by atoms with van der Waals surface area (Å²) in [4.78, 5) is 20.8. The van der Waals surface area contributed by atoms with E-state index in [1.165, 1.54) is 0 Å². The van der Waals surface area contributed by atoms with Crippen LogP contribution in [0, 0.1) is 13.8 Å². The molecule has 0 aliphatic heterocycles. The van der Waals surface area contributed by atoms with E-state index in [1.54, 1.807) is 38.1 Å². The summed E-state index contributed by atoms with van der Waals surface area (Å²) in [6, 6.07) is 16.3. The van der Waals surface area contributed by atoms with Crippen LogP contribution in [0.25, 0.3) is 0 Å². The van der Waals surface area contributed by atoms with Crippen molar-refractivity contribution >= 4 is 23.2 Å². The van der Waals surface area contributed by atoms with Crippen molar-refractivity contribution in [1.82, 2.24) is 9.97 Å². The monoisotopic (exact) mass is 383 g/mol. The zero-order valence-electron chi connectivity index (χ0n) is 14.9. The molecule has 0 aliphatic rings. The van der Waals surface area contributed by atoms with E-state index in [4.69, 9.17) is 21.1 Å². The Hall–Kier alpha value is -3.12. The number of aryl methyl sites for hydroxylation is 2. The number of anilines is 1. The smallest absolute Gasteiger partial charge is 0.322 e. The Morgan fingerprint density at radius 3 is 2.22 bits per heavy atom. The van der Waals surface area contributed by atoms with Crippen LogP contribution >= 0.6 is 11.6 Å². The lowest BCUT2D eigenvalue weighted by Gasteiger charge is -2.13. The van der Waals surface area contributed by atoms with E-state index in [1.807, 2.05) is 30.3 Å². The first-order valence-electron chi connectivity index (χ1n) is 8.27. The number of amides is 1. The second kappa shape index (κ2) is 8.51. The van der Waals surface area contributed by atoms with Crippen LogP contribution in [0.1, 0.15) is 11.4 Å². The number of hydrogen-bond donors (Lipinski definition) is 1. The van der Waals surface area contributed by atoms with Gasteiger partial charge in [-0.2, -0.15) is 9.97 Å². The average Bonchev–Trinajstić information content (AvgIpc) is 2.65. The molecule has 0 fully saturated rings. The molecule has 1 aromatic heterocycles. The molecule has 0 saturated carbocycles. The Labute approximate surface area is 162 Å². The molecule has 0 atom stereocenters. The SMILES string of the molecule is Cc1nc(Oc2ccccc2)nc(C)c1NC(=O)COc1ccc(Cl)cc1. The van der Waals surface area contributed by atoms with Gasteiger partial charge in [0.1, 0.15) is 11.5 Å². The quantitative estimate of drug-likeness (QED) is 0.675. The van der Waals surface area contributed by atoms with Gasteiger partial charge in [0.2, 0.25) is 0 Å². The third kappa shape index (κ3) is 5.18. The first-order chi connectivity index (χ1) is 13.0. The Kier molecular flexibility index (Phi) is 5.88. The molecule has 1 N–H and O–H groups in total. The van der Waals surface area contributed by atoms with Crippen LogP contribution in [0.2, 0.25) is 5.02 Å². The highest BCUT2D eigenvalue weighted by Gasteiger charge is 2.13. The van der Waals surface area contributed by atoms with Crippen LogP contribution in [0.15, 0.2) is 54.6 Å². The maximum Gasteiger partial charge on any atom is 0.322 e. The van der Waals surface area contributed by atoms with E-state index < -0.39 is 0 Å². The highest BCUT2D eigenvalue weighted by molar-refractivity contribution is 6.30. The van der Waals surface area contributed by atoms with Gasteiger partial charge in [-0.15, -0.1) is 0 Å². The zero-order chi connectivity index (χ0) is 19.2. The number of halogens is 1. The van der Waals surface area contributed by atoms with E-state index in [2.05, 4.69) is 15.3 Å². The molecule has 0 bridgehead atoms. The minimum atomic E-state index is -0.309. The van der Waals surface area contributed by atoms with Crippen molar-refractivity contribution in [3.8, 4) is 17.5 Å². The summed E-state index contributed by atoms with van der Waals surface area (Å²) in [5.74, 6) is 0.895. The average molecular weight is 384 g/mol. The second-order valence-electron chi connectivity index (χ2n) is 5.76. The van der Waals surface area contributed by atoms with Crippen LogP contribution in [0.3, 0.4) is 0 Å². The minimum Gasteiger partial charge on any atom is -0.484 e. The summed E-state index contributed by atoms with van der Waals surface area (Å²) in [5, 5.41) is 3.39. The molecule has 0 unspecified atom stereocenters. The number of hydrogen-bond acceptors (Lipinski definition) is 5. The van der Waals surface area contributed by atoms with Gasteiger partial charge in [-0.1, -0.05) is 29.8 Å². The number of rotatable bonds is 6. The third-order valence-corrected chi connectivity index (χ3v) is 3.90. The maximum absolute atomic E-state index is 12.2. The molecule has 0 radical (unpaired) electrons. The molecule has 2 aromatic carbocycles. The fourth-order valence-electron chi connectivity index (χ4n) is 2.36. The van der Waals surface area contributed by atoms with Crippen molar-refractivity contribution in [2.45, 2.75) is 13.8 Å². The fourth-order valence-corrected chi connectivity index (χ4v) is 2.49. The zero-order valence-corrected chi connectivity index (χ0v) is 15.7. The number of carbonyl (C=O) groups excluding carboxylic acids is 1. The number of aromatic nitrogens is 2. The van der Waals surface area contributed by atoms with Crippen molar-refractivity contribution in [2.24, 2.45) is 0 Å². The number of carbonyl (C=O) groups is 1. The van der Waals surface area contributed by atoms with Crippen molar-refractivity contribution in [1.29, 1.82) is 0 Å². The molecule has 7 heteroatoms. The van der Waals surface area contributed by atoms with Crippen LogP contribution in [0.5, 0.6) is 17.5 Å². The van der Waals surface area contributed by atoms with Crippen molar-refractivity contribution < 1.29 is 14.3 Å². The van der Waals surface area contributed by atoms with Gasteiger partial charge >= 0.3 is 6.01 Å². The standard InChI is InChI=1S/C20H18ClN3O3/c1-13-19(24-18(25)12-26-16-10-8-15(21)9-11-16)14(2)23-20(22-13)27-17-6-4-3-5-7-17/h3-11H,12H2,1-2H3,(H,24,25). The molecule has 138 valence electrons. The van der Waals surface area contributed by atoms with E-state index in [9.17, 15) is 4.79 Å². The van der Waals surface area contributed by atoms with Gasteiger partial charge in [0.15, 0.2) is 6.61 Å². The summed E-state index contributed by atoms with van der Waals surface area (Å²) in [6.07, 6.45) is 0. The molecule has 3 aromatic rings. The Morgan fingerprint density at radius 2 is 1.59 bits per heavy atom. The molecule has 27 heavy (non-hydrogen) atoms. The molecular weight excluding hydrogens is 366 g/mol. The second-order valence-corrected chi connectivity index (χ2v) is 6.19. The molecule has 0 saturated heterocycles. The predicted octanol–water partition coefficient (Wildman–Crippen LogP) is 4.56. The summed E-state index contributed by atoms with van der Waals surface area (Å²) < 4.78 is 11.1. The molecule has 1 heterocycles. The van der Waals surface area contributed by atoms with Gasteiger partial charge < -0.3 is 14.8 Å². The van der Waals surface area contributed by atoms with Crippen LogP contribution in [-0.4, -0.2) is 22.5 Å². The van der Waals surface area contributed by atoms with E-state index in [0.29, 0.717) is 33.6 Å². The van der Waals surface area contributed by atoms with Gasteiger partial charge in [0.25, 0.3) is 5.91 Å². The van der Waals surface area contributed by atoms with Crippen LogP contribution in [0.4, 0.5) is 5.69 Å². The van der Waals surface area contributed by atoms with Crippen molar-refractivity contribution in [3.63, 3.8) is 0 Å². The largest absolute Gasteiger partial charge is 0.484 e. The van der Waals surface area contributed by atoms with Gasteiger partial charge in [-0.25, -0.2) is 0 Å². The lowest BCUT2D eigenvalue weighted by molar-refractivity contribution is -0.118. The number of para-hydroxylation sites is 1. The van der Waals surface area contributed by atoms with Gasteiger partial charge in [0.05, 0.1) is 17.1 Å². The third-order valence-electron chi connectivity index (χ3n) is 3.65. The molecule has 0 aliphatic carbocycles. The molecular formula is C20H18ClN3O3. The summed E-state index contributed by atoms with van der Waals surface area (Å²) in [7, 11) is 0. The fraction of sp³-hybridized carbons (Fsp3) is 0.150. The molecule has 0 spiro atoms. The summed E-state index contributed by atoms with van der Waals surface area (Å²) in [6.45, 7) is 3.42. The summed E-state index contributed by atoms with van der Waals surface area (Å²) in [5.41, 5.74) is 1.75. The van der Waals surface area contributed by atoms with Gasteiger partial charge in [0, 0.05) is 5.02 Å². The normalized spacial score (nSPS) is 10.3. The van der Waals surface area contributed by atoms with E-state index >= 15 is 0 Å². The maximum atomic E-state index is 12.2. The number of ether oxygens (including phenoxy) is 2. The highest BCUT2D eigenvalue weighted by Crippen LogP contribution is 2.23. The summed E-state index contributed by atoms with van der Waals surface area (Å²) >= 11 is 5.82. The highest BCUT2D eigenvalue weighted by atomic mass is 35.5. The number of benzene rings is 2. The first-order valence-corrected chi connectivity index (χ1v) is 8.65. The molecule has 1 amide bonds. The van der Waals surface area contributed by atoms with Gasteiger partial charge in [-0.3, -0.25) is 4.79 Å². The van der Waals surface area contributed by atoms with Crippen LogP contribution in [-0.2, 0) is 4.79 Å². The minimum absolute atomic E-state index is 0.136. The number of nitrogens with zero attached hydrogens (tertiary/aromatic N) is 2. The molecule has 6 nitrogen and oxygen atoms in total. The first kappa shape index (κ1) is 18.7. The lowest BCUT2D eigenvalue weighted by Crippen LogP contribution is -2.22. The predicted molar refractivity (Wildman–Crippen MR) is 104 cm³/mol. The number of nitrogens with one attached hydrogen (secondary N) is 1. The lowest BCUT2D eigenvalue weighted by atomic mass is 10.3. The van der Waals surface area contributed by atoms with E-state index in [0.717, 1.165) is 0 Å². The topological polar surface area (TPSA) is 73.3 Å². The van der Waals surface area contributed by atoms with Gasteiger partial charge in [-0.05, 0) is 50.2 Å². The van der Waals surface area contributed by atoms with Crippen molar-refractivity contribution in [2.75, 3.05) is 11.9 Å². The molecule has 3 rings (SSSR count). The van der Waals surface area contributed by atoms with E-state index in [-0.39, 0.29) is 18.5 Å². The van der Waals surface area contributed by atoms with Crippen LogP contribution < -0.4 is 14.8 Å². The Morgan fingerprint density at radius 1 is 0.963 bits per heavy atom.